The molecular weight excluding hydrogens is 210 g/mol. The van der Waals surface area contributed by atoms with Crippen LogP contribution in [0.2, 0.25) is 0 Å². The number of H-pyrrole nitrogens is 1. The van der Waals surface area contributed by atoms with E-state index in [4.69, 9.17) is 5.73 Å². The number of nitrogens with one attached hydrogen (secondary N) is 1. The molecule has 0 aliphatic carbocycles. The average Bonchev–Trinajstić information content (AvgIpc) is 2.12. The molecule has 1 amide bonds. The van der Waals surface area contributed by atoms with E-state index >= 15 is 0 Å². The van der Waals surface area contributed by atoms with Gasteiger partial charge in [-0.1, -0.05) is 0 Å². The lowest BCUT2D eigenvalue weighted by atomic mass is 10.4. The van der Waals surface area contributed by atoms with Gasteiger partial charge in [-0.25, -0.2) is 0 Å². The molecule has 0 unspecified atom stereocenters. The fourth-order valence-electron chi connectivity index (χ4n) is 0.484. The van der Waals surface area contributed by atoms with E-state index in [2.05, 4.69) is 4.98 Å². The maximum Gasteiger partial charge on any atom is 0.265 e. The van der Waals surface area contributed by atoms with E-state index in [1.807, 2.05) is 0 Å². The Balaban J connectivity index is -0.000000213. The molecule has 0 atom stereocenters. The van der Waals surface area contributed by atoms with Crippen molar-refractivity contribution in [2.75, 3.05) is 0 Å². The monoisotopic (exact) mass is 218 g/mol. The summed E-state index contributed by atoms with van der Waals surface area (Å²) in [6, 6.07) is 3.35. The molecule has 66 valence electrons. The van der Waals surface area contributed by atoms with Crippen molar-refractivity contribution in [3.05, 3.63) is 24.0 Å². The van der Waals surface area contributed by atoms with Crippen molar-refractivity contribution in [1.29, 1.82) is 0 Å². The molecule has 0 spiro atoms. The predicted octanol–water partition coefficient (Wildman–Crippen LogP) is 1.38. The number of carbonyl (C=O) groups is 1. The van der Waals surface area contributed by atoms with Crippen LogP contribution in [0.15, 0.2) is 18.3 Å². The summed E-state index contributed by atoms with van der Waals surface area (Å²) in [7, 11) is 0. The third-order valence-corrected chi connectivity index (χ3v) is 0.863. The summed E-state index contributed by atoms with van der Waals surface area (Å²) in [5.41, 5.74) is 5.34. The standard InChI is InChI=1S/C5H6N2O.3ClH/c6-5(8)4-2-1-3-7-4;;;/h1-3,7H,(H2,6,8);3*1H. The summed E-state index contributed by atoms with van der Waals surface area (Å²) in [6.07, 6.45) is 1.65. The molecule has 0 bridgehead atoms. The molecule has 3 N–H and O–H groups in total. The fourth-order valence-corrected chi connectivity index (χ4v) is 0.484. The highest BCUT2D eigenvalue weighted by atomic mass is 35.5. The Bertz CT molecular complexity index is 188. The normalized spacial score (nSPS) is 6.55. The number of hydrogen-bond acceptors (Lipinski definition) is 1. The largest absolute Gasteiger partial charge is 0.364 e. The molecular formula is C5H9Cl3N2O. The Morgan fingerprint density at radius 2 is 1.91 bits per heavy atom. The van der Waals surface area contributed by atoms with Crippen molar-refractivity contribution in [3.63, 3.8) is 0 Å². The number of amides is 1. The lowest BCUT2D eigenvalue weighted by Crippen LogP contribution is -2.10. The average molecular weight is 219 g/mol. The fraction of sp³-hybridized carbons (Fsp3) is 0. The number of aromatic amines is 1. The van der Waals surface area contributed by atoms with Crippen LogP contribution in [0.25, 0.3) is 0 Å². The van der Waals surface area contributed by atoms with Gasteiger partial charge in [0.1, 0.15) is 5.69 Å². The lowest BCUT2D eigenvalue weighted by molar-refractivity contribution is 0.0996. The molecule has 1 rings (SSSR count). The van der Waals surface area contributed by atoms with Gasteiger partial charge in [0, 0.05) is 6.20 Å². The second-order valence-corrected chi connectivity index (χ2v) is 1.45. The Labute approximate surface area is 83.0 Å². The van der Waals surface area contributed by atoms with Crippen LogP contribution in [0, 0.1) is 0 Å². The number of carbonyl (C=O) groups excluding carboxylic acids is 1. The zero-order valence-corrected chi connectivity index (χ0v) is 7.89. The molecule has 11 heavy (non-hydrogen) atoms. The summed E-state index contributed by atoms with van der Waals surface area (Å²) in [6.45, 7) is 0. The van der Waals surface area contributed by atoms with Gasteiger partial charge < -0.3 is 10.7 Å². The van der Waals surface area contributed by atoms with Crippen LogP contribution < -0.4 is 5.73 Å². The maximum absolute atomic E-state index is 10.3. The Kier molecular flexibility index (Phi) is 11.9. The number of primary amides is 1. The first-order valence-corrected chi connectivity index (χ1v) is 2.24. The highest BCUT2D eigenvalue weighted by Crippen LogP contribution is 1.89. The number of halogens is 3. The van der Waals surface area contributed by atoms with Crippen LogP contribution >= 0.6 is 37.2 Å². The molecule has 0 radical (unpaired) electrons. The van der Waals surface area contributed by atoms with E-state index in [0.717, 1.165) is 0 Å². The van der Waals surface area contributed by atoms with Crippen molar-refractivity contribution in [3.8, 4) is 0 Å². The van der Waals surface area contributed by atoms with Gasteiger partial charge in [0.05, 0.1) is 0 Å². The molecule has 1 heterocycles. The van der Waals surface area contributed by atoms with Crippen molar-refractivity contribution < 1.29 is 4.79 Å². The molecule has 0 aliphatic rings. The van der Waals surface area contributed by atoms with Crippen LogP contribution in [0.5, 0.6) is 0 Å². The van der Waals surface area contributed by atoms with E-state index in [-0.39, 0.29) is 37.2 Å². The van der Waals surface area contributed by atoms with E-state index in [1.54, 1.807) is 18.3 Å². The predicted molar refractivity (Wildman–Crippen MR) is 51.1 cm³/mol. The van der Waals surface area contributed by atoms with Crippen molar-refractivity contribution in [2.24, 2.45) is 5.73 Å². The van der Waals surface area contributed by atoms with E-state index in [1.165, 1.54) is 0 Å². The van der Waals surface area contributed by atoms with Gasteiger partial charge in [0.15, 0.2) is 0 Å². The van der Waals surface area contributed by atoms with Gasteiger partial charge in [0.25, 0.3) is 5.91 Å². The van der Waals surface area contributed by atoms with Crippen LogP contribution in [0.3, 0.4) is 0 Å². The summed E-state index contributed by atoms with van der Waals surface area (Å²) >= 11 is 0. The van der Waals surface area contributed by atoms with Crippen LogP contribution in [0.4, 0.5) is 0 Å². The molecule has 0 aromatic carbocycles. The van der Waals surface area contributed by atoms with Gasteiger partial charge in [-0.15, -0.1) is 37.2 Å². The van der Waals surface area contributed by atoms with Gasteiger partial charge in [0.2, 0.25) is 0 Å². The third-order valence-electron chi connectivity index (χ3n) is 0.863. The number of aromatic nitrogens is 1. The SMILES string of the molecule is Cl.Cl.Cl.NC(=O)c1ccc[nH]1. The smallest absolute Gasteiger partial charge is 0.265 e. The van der Waals surface area contributed by atoms with Gasteiger partial charge >= 0.3 is 0 Å². The van der Waals surface area contributed by atoms with E-state index in [9.17, 15) is 4.79 Å². The zero-order chi connectivity index (χ0) is 5.98. The first-order valence-electron chi connectivity index (χ1n) is 2.24. The maximum atomic E-state index is 10.3. The summed E-state index contributed by atoms with van der Waals surface area (Å²) in [5, 5.41) is 0. The molecule has 0 fully saturated rings. The summed E-state index contributed by atoms with van der Waals surface area (Å²) in [4.78, 5) is 12.9. The Morgan fingerprint density at radius 3 is 2.09 bits per heavy atom. The van der Waals surface area contributed by atoms with Crippen molar-refractivity contribution in [2.45, 2.75) is 0 Å². The molecule has 3 nitrogen and oxygen atoms in total. The molecule has 0 saturated carbocycles. The van der Waals surface area contributed by atoms with E-state index in [0.29, 0.717) is 5.69 Å². The van der Waals surface area contributed by atoms with Crippen molar-refractivity contribution in [1.82, 2.24) is 4.98 Å². The lowest BCUT2D eigenvalue weighted by Gasteiger charge is -1.82. The Hall–Kier alpha value is -0.380. The molecule has 0 aliphatic heterocycles. The topological polar surface area (TPSA) is 58.9 Å². The van der Waals surface area contributed by atoms with Crippen LogP contribution in [-0.4, -0.2) is 10.9 Å². The highest BCUT2D eigenvalue weighted by Gasteiger charge is 1.95. The first-order chi connectivity index (χ1) is 3.80. The number of rotatable bonds is 1. The quantitative estimate of drug-likeness (QED) is 0.737. The van der Waals surface area contributed by atoms with Crippen molar-refractivity contribution >= 4 is 43.1 Å². The highest BCUT2D eigenvalue weighted by molar-refractivity contribution is 5.90. The minimum atomic E-state index is -0.421. The second-order valence-electron chi connectivity index (χ2n) is 1.45. The Morgan fingerprint density at radius 1 is 1.36 bits per heavy atom. The van der Waals surface area contributed by atoms with Gasteiger partial charge in [-0.2, -0.15) is 0 Å². The minimum absolute atomic E-state index is 0. The third kappa shape index (κ3) is 4.95. The van der Waals surface area contributed by atoms with Crippen LogP contribution in [0.1, 0.15) is 10.5 Å². The van der Waals surface area contributed by atoms with Gasteiger partial charge in [-0.3, -0.25) is 4.79 Å². The van der Waals surface area contributed by atoms with E-state index < -0.39 is 5.91 Å². The van der Waals surface area contributed by atoms with Gasteiger partial charge in [-0.05, 0) is 12.1 Å². The molecule has 0 saturated heterocycles. The molecule has 1 aromatic rings. The number of hydrogen-bond donors (Lipinski definition) is 2. The van der Waals surface area contributed by atoms with Crippen LogP contribution in [-0.2, 0) is 0 Å². The zero-order valence-electron chi connectivity index (χ0n) is 5.44. The first kappa shape index (κ1) is 16.9. The minimum Gasteiger partial charge on any atom is -0.364 e. The second kappa shape index (κ2) is 7.72. The molecule has 6 heteroatoms. The molecule has 1 aromatic heterocycles. The summed E-state index contributed by atoms with van der Waals surface area (Å²) < 4.78 is 0. The number of nitrogens with two attached hydrogens (primary N) is 1. The summed E-state index contributed by atoms with van der Waals surface area (Å²) in [5.74, 6) is -0.421.